The first-order valence-corrected chi connectivity index (χ1v) is 6.62. The standard InChI is InChI=1S/C15H22FNO/c1-11-6-7-13(16)12(10-11)14(18)15(2,3)17-8-4-5-9-17/h6-7,10,14,18H,4-5,8-9H2,1-3H3. The quantitative estimate of drug-likeness (QED) is 0.892. The van der Waals surface area contributed by atoms with Gasteiger partial charge in [0.25, 0.3) is 0 Å². The molecule has 1 unspecified atom stereocenters. The number of hydrogen-bond donors (Lipinski definition) is 1. The first-order chi connectivity index (χ1) is 8.43. The van der Waals surface area contributed by atoms with Crippen LogP contribution >= 0.6 is 0 Å². The van der Waals surface area contributed by atoms with Crippen LogP contribution in [0, 0.1) is 12.7 Å². The van der Waals surface area contributed by atoms with Crippen LogP contribution in [0.25, 0.3) is 0 Å². The largest absolute Gasteiger partial charge is 0.386 e. The Morgan fingerprint density at radius 3 is 2.50 bits per heavy atom. The summed E-state index contributed by atoms with van der Waals surface area (Å²) in [6.07, 6.45) is 1.52. The Hall–Kier alpha value is -0.930. The van der Waals surface area contributed by atoms with Crippen LogP contribution in [0.4, 0.5) is 4.39 Å². The summed E-state index contributed by atoms with van der Waals surface area (Å²) in [5.41, 5.74) is 0.958. The molecule has 0 bridgehead atoms. The number of likely N-dealkylation sites (tertiary alicyclic amines) is 1. The minimum Gasteiger partial charge on any atom is -0.386 e. The van der Waals surface area contributed by atoms with Gasteiger partial charge >= 0.3 is 0 Å². The number of nitrogens with zero attached hydrogens (tertiary/aromatic N) is 1. The number of hydrogen-bond acceptors (Lipinski definition) is 2. The smallest absolute Gasteiger partial charge is 0.129 e. The molecule has 1 aromatic carbocycles. The minimum atomic E-state index is -0.796. The number of rotatable bonds is 3. The third-order valence-corrected chi connectivity index (χ3v) is 4.04. The molecule has 1 saturated heterocycles. The van der Waals surface area contributed by atoms with E-state index < -0.39 is 11.6 Å². The van der Waals surface area contributed by atoms with Gasteiger partial charge in [-0.05, 0) is 52.8 Å². The maximum absolute atomic E-state index is 13.9. The van der Waals surface area contributed by atoms with Crippen molar-refractivity contribution in [2.24, 2.45) is 0 Å². The van der Waals surface area contributed by atoms with E-state index in [0.29, 0.717) is 5.56 Å². The van der Waals surface area contributed by atoms with Gasteiger partial charge in [0.05, 0.1) is 6.10 Å². The molecule has 100 valence electrons. The van der Waals surface area contributed by atoms with Gasteiger partial charge in [-0.25, -0.2) is 4.39 Å². The molecule has 1 N–H and O–H groups in total. The summed E-state index contributed by atoms with van der Waals surface area (Å²) in [5, 5.41) is 10.5. The fourth-order valence-electron chi connectivity index (χ4n) is 2.72. The van der Waals surface area contributed by atoms with Crippen molar-refractivity contribution in [1.82, 2.24) is 4.90 Å². The van der Waals surface area contributed by atoms with Crippen molar-refractivity contribution >= 4 is 0 Å². The van der Waals surface area contributed by atoms with Crippen LogP contribution in [-0.4, -0.2) is 28.6 Å². The molecule has 1 atom stereocenters. The van der Waals surface area contributed by atoms with Gasteiger partial charge in [-0.2, -0.15) is 0 Å². The summed E-state index contributed by atoms with van der Waals surface area (Å²) >= 11 is 0. The van der Waals surface area contributed by atoms with Crippen LogP contribution in [0.1, 0.15) is 43.9 Å². The van der Waals surface area contributed by atoms with Crippen molar-refractivity contribution < 1.29 is 9.50 Å². The predicted molar refractivity (Wildman–Crippen MR) is 71.0 cm³/mol. The van der Waals surface area contributed by atoms with Crippen molar-refractivity contribution in [3.63, 3.8) is 0 Å². The van der Waals surface area contributed by atoms with E-state index in [1.54, 1.807) is 12.1 Å². The first-order valence-electron chi connectivity index (χ1n) is 6.62. The lowest BCUT2D eigenvalue weighted by molar-refractivity contribution is -0.000689. The topological polar surface area (TPSA) is 23.5 Å². The second-order valence-corrected chi connectivity index (χ2v) is 5.78. The average Bonchev–Trinajstić information content (AvgIpc) is 2.85. The molecule has 0 saturated carbocycles. The monoisotopic (exact) mass is 251 g/mol. The molecule has 0 radical (unpaired) electrons. The maximum atomic E-state index is 13.9. The van der Waals surface area contributed by atoms with E-state index in [9.17, 15) is 9.50 Å². The lowest BCUT2D eigenvalue weighted by atomic mass is 9.89. The van der Waals surface area contributed by atoms with Gasteiger partial charge in [-0.15, -0.1) is 0 Å². The highest BCUT2D eigenvalue weighted by atomic mass is 19.1. The molecule has 0 spiro atoms. The van der Waals surface area contributed by atoms with Gasteiger partial charge in [-0.3, -0.25) is 4.90 Å². The Labute approximate surface area is 108 Å². The zero-order chi connectivity index (χ0) is 13.3. The molecule has 2 rings (SSSR count). The number of aryl methyl sites for hydroxylation is 1. The zero-order valence-corrected chi connectivity index (χ0v) is 11.4. The van der Waals surface area contributed by atoms with Gasteiger partial charge < -0.3 is 5.11 Å². The molecule has 18 heavy (non-hydrogen) atoms. The Balaban J connectivity index is 2.28. The summed E-state index contributed by atoms with van der Waals surface area (Å²) in [6, 6.07) is 4.92. The van der Waals surface area contributed by atoms with Gasteiger partial charge in [-0.1, -0.05) is 17.7 Å². The van der Waals surface area contributed by atoms with Crippen LogP contribution in [0.5, 0.6) is 0 Å². The van der Waals surface area contributed by atoms with E-state index >= 15 is 0 Å². The second kappa shape index (κ2) is 4.98. The fourth-order valence-corrected chi connectivity index (χ4v) is 2.72. The van der Waals surface area contributed by atoms with Gasteiger partial charge in [0.2, 0.25) is 0 Å². The third-order valence-electron chi connectivity index (χ3n) is 4.04. The molecule has 2 nitrogen and oxygen atoms in total. The first kappa shape index (κ1) is 13.5. The Morgan fingerprint density at radius 1 is 1.28 bits per heavy atom. The summed E-state index contributed by atoms with van der Waals surface area (Å²) in [7, 11) is 0. The molecule has 1 heterocycles. The normalized spacial score (nSPS) is 19.2. The van der Waals surface area contributed by atoms with Crippen LogP contribution in [0.2, 0.25) is 0 Å². The SMILES string of the molecule is Cc1ccc(F)c(C(O)C(C)(C)N2CCCC2)c1. The summed E-state index contributed by atoms with van der Waals surface area (Å²) in [6.45, 7) is 7.86. The van der Waals surface area contributed by atoms with E-state index in [4.69, 9.17) is 0 Å². The van der Waals surface area contributed by atoms with Gasteiger partial charge in [0.15, 0.2) is 0 Å². The molecule has 1 aliphatic heterocycles. The molecular weight excluding hydrogens is 229 g/mol. The van der Waals surface area contributed by atoms with E-state index in [1.165, 1.54) is 6.07 Å². The van der Waals surface area contributed by atoms with Crippen molar-refractivity contribution in [1.29, 1.82) is 0 Å². The van der Waals surface area contributed by atoms with Crippen LogP contribution in [0.15, 0.2) is 18.2 Å². The van der Waals surface area contributed by atoms with E-state index in [2.05, 4.69) is 4.90 Å². The minimum absolute atomic E-state index is 0.319. The highest BCUT2D eigenvalue weighted by Crippen LogP contribution is 2.34. The summed E-state index contributed by atoms with van der Waals surface area (Å²) in [4.78, 5) is 2.25. The molecule has 0 aliphatic carbocycles. The number of aliphatic hydroxyl groups excluding tert-OH is 1. The summed E-state index contributed by atoms with van der Waals surface area (Å²) in [5.74, 6) is -0.319. The predicted octanol–water partition coefficient (Wildman–Crippen LogP) is 3.04. The third kappa shape index (κ3) is 2.43. The van der Waals surface area contributed by atoms with Crippen molar-refractivity contribution in [3.05, 3.63) is 35.1 Å². The molecule has 0 aromatic heterocycles. The lowest BCUT2D eigenvalue weighted by Crippen LogP contribution is -2.47. The fraction of sp³-hybridized carbons (Fsp3) is 0.600. The highest BCUT2D eigenvalue weighted by Gasteiger charge is 2.37. The molecular formula is C15H22FNO. The molecule has 3 heteroatoms. The Morgan fingerprint density at radius 2 is 1.89 bits per heavy atom. The van der Waals surface area contributed by atoms with Crippen LogP contribution in [-0.2, 0) is 0 Å². The maximum Gasteiger partial charge on any atom is 0.129 e. The van der Waals surface area contributed by atoms with Gasteiger partial charge in [0, 0.05) is 11.1 Å². The summed E-state index contributed by atoms with van der Waals surface area (Å²) < 4.78 is 13.9. The average molecular weight is 251 g/mol. The molecule has 1 aromatic rings. The van der Waals surface area contributed by atoms with E-state index in [1.807, 2.05) is 20.8 Å². The van der Waals surface area contributed by atoms with Gasteiger partial charge in [0.1, 0.15) is 5.82 Å². The molecule has 0 amide bonds. The number of benzene rings is 1. The Bertz CT molecular complexity index is 425. The molecule has 1 fully saturated rings. The number of aliphatic hydroxyl groups is 1. The second-order valence-electron chi connectivity index (χ2n) is 5.78. The Kier molecular flexibility index (Phi) is 3.74. The van der Waals surface area contributed by atoms with E-state index in [0.717, 1.165) is 31.5 Å². The molecule has 1 aliphatic rings. The number of halogens is 1. The van der Waals surface area contributed by atoms with E-state index in [-0.39, 0.29) is 5.82 Å². The lowest BCUT2D eigenvalue weighted by Gasteiger charge is -2.39. The van der Waals surface area contributed by atoms with Crippen LogP contribution < -0.4 is 0 Å². The van der Waals surface area contributed by atoms with Crippen molar-refractivity contribution in [3.8, 4) is 0 Å². The van der Waals surface area contributed by atoms with Crippen molar-refractivity contribution in [2.45, 2.75) is 45.3 Å². The van der Waals surface area contributed by atoms with Crippen LogP contribution in [0.3, 0.4) is 0 Å². The zero-order valence-electron chi connectivity index (χ0n) is 11.4. The highest BCUT2D eigenvalue weighted by molar-refractivity contribution is 5.28. The van der Waals surface area contributed by atoms with Crippen molar-refractivity contribution in [2.75, 3.05) is 13.1 Å².